The van der Waals surface area contributed by atoms with Crippen molar-refractivity contribution in [3.05, 3.63) is 35.4 Å². The van der Waals surface area contributed by atoms with Crippen molar-refractivity contribution in [1.82, 2.24) is 10.2 Å². The average Bonchev–Trinajstić information content (AvgIpc) is 2.46. The molecule has 1 N–H and O–H groups in total. The van der Waals surface area contributed by atoms with Crippen LogP contribution < -0.4 is 5.32 Å². The molecule has 0 spiro atoms. The Morgan fingerprint density at radius 2 is 2.16 bits per heavy atom. The quantitative estimate of drug-likeness (QED) is 0.817. The number of fused-ring (bicyclic) bond motifs is 1. The second-order valence-electron chi connectivity index (χ2n) is 5.36. The number of nitrogens with zero attached hydrogens (tertiary/aromatic N) is 1. The smallest absolute Gasteiger partial charge is 0.240 e. The summed E-state index contributed by atoms with van der Waals surface area (Å²) in [5, 5.41) is 3.36. The highest BCUT2D eigenvalue weighted by Gasteiger charge is 2.31. The lowest BCUT2D eigenvalue weighted by Crippen LogP contribution is -2.55. The first kappa shape index (κ1) is 12.6. The van der Waals surface area contributed by atoms with E-state index in [1.165, 1.54) is 11.1 Å². The second-order valence-corrected chi connectivity index (χ2v) is 5.36. The van der Waals surface area contributed by atoms with Crippen molar-refractivity contribution in [3.8, 4) is 0 Å². The molecule has 1 unspecified atom stereocenters. The van der Waals surface area contributed by atoms with Gasteiger partial charge in [-0.1, -0.05) is 24.3 Å². The summed E-state index contributed by atoms with van der Waals surface area (Å²) < 4.78 is 5.39. The van der Waals surface area contributed by atoms with Crippen LogP contribution in [-0.4, -0.2) is 42.6 Å². The summed E-state index contributed by atoms with van der Waals surface area (Å²) in [5.74, 6) is 0.213. The van der Waals surface area contributed by atoms with Crippen LogP contribution in [-0.2, 0) is 22.5 Å². The maximum absolute atomic E-state index is 12.6. The molecule has 19 heavy (non-hydrogen) atoms. The molecule has 2 atom stereocenters. The summed E-state index contributed by atoms with van der Waals surface area (Å²) in [6.07, 6.45) is 0.791. The van der Waals surface area contributed by atoms with Gasteiger partial charge in [0, 0.05) is 13.1 Å². The van der Waals surface area contributed by atoms with Crippen molar-refractivity contribution < 1.29 is 9.53 Å². The first-order chi connectivity index (χ1) is 9.25. The fourth-order valence-corrected chi connectivity index (χ4v) is 2.88. The lowest BCUT2D eigenvalue weighted by Gasteiger charge is -2.37. The normalized spacial score (nSPS) is 26.9. The number of hydrogen-bond donors (Lipinski definition) is 1. The van der Waals surface area contributed by atoms with E-state index in [1.54, 1.807) is 0 Å². The average molecular weight is 260 g/mol. The van der Waals surface area contributed by atoms with E-state index in [1.807, 2.05) is 24.0 Å². The monoisotopic (exact) mass is 260 g/mol. The van der Waals surface area contributed by atoms with Crippen LogP contribution in [0.2, 0.25) is 0 Å². The molecule has 0 bridgehead atoms. The zero-order valence-corrected chi connectivity index (χ0v) is 11.3. The minimum absolute atomic E-state index is 0.0875. The van der Waals surface area contributed by atoms with Gasteiger partial charge in [0.2, 0.25) is 5.91 Å². The predicted octanol–water partition coefficient (Wildman–Crippen LogP) is 0.948. The molecule has 1 amide bonds. The zero-order chi connectivity index (χ0) is 13.2. The maximum atomic E-state index is 12.6. The molecule has 1 aromatic rings. The third-order valence-corrected chi connectivity index (χ3v) is 4.03. The number of hydrogen-bond acceptors (Lipinski definition) is 3. The summed E-state index contributed by atoms with van der Waals surface area (Å²) in [6.45, 7) is 4.84. The molecule has 0 radical (unpaired) electrons. The first-order valence-electron chi connectivity index (χ1n) is 6.94. The topological polar surface area (TPSA) is 41.6 Å². The van der Waals surface area contributed by atoms with E-state index in [9.17, 15) is 4.79 Å². The molecule has 0 saturated carbocycles. The Balaban J connectivity index is 1.72. The largest absolute Gasteiger partial charge is 0.377 e. The van der Waals surface area contributed by atoms with Crippen LogP contribution >= 0.6 is 0 Å². The van der Waals surface area contributed by atoms with Gasteiger partial charge in [-0.2, -0.15) is 0 Å². The van der Waals surface area contributed by atoms with E-state index in [2.05, 4.69) is 17.4 Å². The lowest BCUT2D eigenvalue weighted by atomic mass is 9.95. The van der Waals surface area contributed by atoms with Gasteiger partial charge in [-0.15, -0.1) is 0 Å². The molecule has 2 heterocycles. The van der Waals surface area contributed by atoms with Crippen LogP contribution in [0.1, 0.15) is 18.1 Å². The first-order valence-corrected chi connectivity index (χ1v) is 6.94. The lowest BCUT2D eigenvalue weighted by molar-refractivity contribution is -0.141. The molecule has 102 valence electrons. The van der Waals surface area contributed by atoms with Gasteiger partial charge in [-0.05, 0) is 24.5 Å². The fourth-order valence-electron chi connectivity index (χ4n) is 2.88. The number of nitrogens with one attached hydrogen (secondary N) is 1. The van der Waals surface area contributed by atoms with Crippen LogP contribution in [0, 0.1) is 0 Å². The van der Waals surface area contributed by atoms with Crippen molar-refractivity contribution in [2.75, 3.05) is 19.8 Å². The third kappa shape index (κ3) is 2.51. The van der Waals surface area contributed by atoms with Gasteiger partial charge in [0.15, 0.2) is 0 Å². The van der Waals surface area contributed by atoms with Crippen molar-refractivity contribution in [2.24, 2.45) is 0 Å². The van der Waals surface area contributed by atoms with Gasteiger partial charge >= 0.3 is 0 Å². The molecule has 3 rings (SSSR count). The van der Waals surface area contributed by atoms with Crippen molar-refractivity contribution in [3.63, 3.8) is 0 Å². The summed E-state index contributed by atoms with van der Waals surface area (Å²) in [7, 11) is 0. The van der Waals surface area contributed by atoms with E-state index < -0.39 is 0 Å². The number of ether oxygens (including phenoxy) is 1. The fraction of sp³-hybridized carbons (Fsp3) is 0.533. The van der Waals surface area contributed by atoms with Gasteiger partial charge in [0.25, 0.3) is 0 Å². The molecule has 1 fully saturated rings. The molecule has 1 saturated heterocycles. The molecule has 2 aliphatic heterocycles. The number of rotatable bonds is 1. The van der Waals surface area contributed by atoms with E-state index in [-0.39, 0.29) is 18.0 Å². The minimum atomic E-state index is -0.0875. The highest BCUT2D eigenvalue weighted by Crippen LogP contribution is 2.18. The van der Waals surface area contributed by atoms with Crippen LogP contribution in [0.25, 0.3) is 0 Å². The van der Waals surface area contributed by atoms with Crippen molar-refractivity contribution in [1.29, 1.82) is 0 Å². The molecule has 0 aliphatic carbocycles. The summed E-state index contributed by atoms with van der Waals surface area (Å²) in [4.78, 5) is 14.5. The Hall–Kier alpha value is -1.39. The van der Waals surface area contributed by atoms with E-state index in [0.29, 0.717) is 19.8 Å². The van der Waals surface area contributed by atoms with E-state index in [4.69, 9.17) is 4.74 Å². The zero-order valence-electron chi connectivity index (χ0n) is 11.3. The molecule has 1 aromatic carbocycles. The number of amides is 1. The Labute approximate surface area is 113 Å². The molecule has 4 heteroatoms. The van der Waals surface area contributed by atoms with Gasteiger partial charge in [-0.25, -0.2) is 0 Å². The summed E-state index contributed by atoms with van der Waals surface area (Å²) >= 11 is 0. The highest BCUT2D eigenvalue weighted by atomic mass is 16.5. The molecule has 0 aromatic heterocycles. The summed E-state index contributed by atoms with van der Waals surface area (Å²) in [6, 6.07) is 8.44. The number of morpholine rings is 1. The van der Waals surface area contributed by atoms with Crippen molar-refractivity contribution in [2.45, 2.75) is 32.0 Å². The SMILES string of the molecule is CC1COCCN1C(=O)[C@@H]1Cc2ccccc2CN1. The minimum Gasteiger partial charge on any atom is -0.377 e. The molecule has 2 aliphatic rings. The maximum Gasteiger partial charge on any atom is 0.240 e. The number of benzene rings is 1. The van der Waals surface area contributed by atoms with Crippen LogP contribution in [0.5, 0.6) is 0 Å². The molecular weight excluding hydrogens is 240 g/mol. The van der Waals surface area contributed by atoms with E-state index in [0.717, 1.165) is 13.0 Å². The highest BCUT2D eigenvalue weighted by molar-refractivity contribution is 5.83. The standard InChI is InChI=1S/C15H20N2O2/c1-11-10-19-7-6-17(11)15(18)14-8-12-4-2-3-5-13(12)9-16-14/h2-5,11,14,16H,6-10H2,1H3/t11?,14-/m0/s1. The van der Waals surface area contributed by atoms with Gasteiger partial charge in [-0.3, -0.25) is 4.79 Å². The Bertz CT molecular complexity index is 475. The van der Waals surface area contributed by atoms with Gasteiger partial charge in [0.05, 0.1) is 25.3 Å². The van der Waals surface area contributed by atoms with Crippen LogP contribution in [0.4, 0.5) is 0 Å². The van der Waals surface area contributed by atoms with Crippen LogP contribution in [0.3, 0.4) is 0 Å². The van der Waals surface area contributed by atoms with Crippen LogP contribution in [0.15, 0.2) is 24.3 Å². The number of carbonyl (C=O) groups is 1. The Morgan fingerprint density at radius 1 is 1.37 bits per heavy atom. The van der Waals surface area contributed by atoms with Gasteiger partial charge in [0.1, 0.15) is 0 Å². The van der Waals surface area contributed by atoms with Crippen molar-refractivity contribution >= 4 is 5.91 Å². The Morgan fingerprint density at radius 3 is 2.95 bits per heavy atom. The van der Waals surface area contributed by atoms with Gasteiger partial charge < -0.3 is 15.0 Å². The molecule has 4 nitrogen and oxygen atoms in total. The summed E-state index contributed by atoms with van der Waals surface area (Å²) in [5.41, 5.74) is 2.60. The molecular formula is C15H20N2O2. The Kier molecular flexibility index (Phi) is 3.53. The third-order valence-electron chi connectivity index (χ3n) is 4.03. The van der Waals surface area contributed by atoms with E-state index >= 15 is 0 Å². The second kappa shape index (κ2) is 5.31. The number of carbonyl (C=O) groups excluding carboxylic acids is 1. The predicted molar refractivity (Wildman–Crippen MR) is 72.8 cm³/mol.